The molecule has 0 radical (unpaired) electrons. The van der Waals surface area contributed by atoms with Crippen LogP contribution in [0.2, 0.25) is 10.0 Å². The SMILES string of the molecule is N#Cc1c(-c2ccc(Cl)cc2Cl)nn2c(=O)c3ccccc3[nH]c12. The predicted octanol–water partition coefficient (Wildman–Crippen LogP) is 4.02. The molecule has 5 nitrogen and oxygen atoms in total. The smallest absolute Gasteiger partial charge is 0.282 e. The van der Waals surface area contributed by atoms with Gasteiger partial charge in [0.1, 0.15) is 17.3 Å². The Morgan fingerprint density at radius 2 is 1.96 bits per heavy atom. The lowest BCUT2D eigenvalue weighted by atomic mass is 10.1. The summed E-state index contributed by atoms with van der Waals surface area (Å²) in [6.45, 7) is 0. The molecule has 1 N–H and O–H groups in total. The molecule has 4 aromatic rings. The number of halogens is 2. The lowest BCUT2D eigenvalue weighted by Gasteiger charge is -2.01. The second-order valence-electron chi connectivity index (χ2n) is 5.20. The van der Waals surface area contributed by atoms with Crippen molar-refractivity contribution in [2.75, 3.05) is 0 Å². The number of H-pyrrole nitrogens is 1. The summed E-state index contributed by atoms with van der Waals surface area (Å²) >= 11 is 12.2. The van der Waals surface area contributed by atoms with Gasteiger partial charge in [-0.1, -0.05) is 35.3 Å². The zero-order valence-electron chi connectivity index (χ0n) is 12.0. The molecule has 0 aliphatic heterocycles. The zero-order chi connectivity index (χ0) is 16.8. The summed E-state index contributed by atoms with van der Waals surface area (Å²) in [4.78, 5) is 15.8. The number of fused-ring (bicyclic) bond motifs is 2. The lowest BCUT2D eigenvalue weighted by Crippen LogP contribution is -2.15. The van der Waals surface area contributed by atoms with E-state index in [0.29, 0.717) is 37.9 Å². The molecule has 116 valence electrons. The summed E-state index contributed by atoms with van der Waals surface area (Å²) in [6.07, 6.45) is 0. The molecule has 0 spiro atoms. The molecule has 0 atom stereocenters. The van der Waals surface area contributed by atoms with Crippen LogP contribution in [0.5, 0.6) is 0 Å². The maximum atomic E-state index is 12.7. The summed E-state index contributed by atoms with van der Waals surface area (Å²) in [5, 5.41) is 15.2. The number of nitrogens with zero attached hydrogens (tertiary/aromatic N) is 3. The van der Waals surface area contributed by atoms with Crippen molar-refractivity contribution >= 4 is 39.8 Å². The number of hydrogen-bond acceptors (Lipinski definition) is 3. The minimum atomic E-state index is -0.299. The largest absolute Gasteiger partial charge is 0.338 e. The Kier molecular flexibility index (Phi) is 3.31. The first-order valence-electron chi connectivity index (χ1n) is 6.99. The maximum absolute atomic E-state index is 12.7. The van der Waals surface area contributed by atoms with E-state index in [1.807, 2.05) is 6.07 Å². The average Bonchev–Trinajstić information content (AvgIpc) is 2.93. The van der Waals surface area contributed by atoms with E-state index in [4.69, 9.17) is 23.2 Å². The van der Waals surface area contributed by atoms with Gasteiger partial charge >= 0.3 is 0 Å². The predicted molar refractivity (Wildman–Crippen MR) is 93.5 cm³/mol. The van der Waals surface area contributed by atoms with Crippen molar-refractivity contribution in [2.45, 2.75) is 0 Å². The molecule has 0 aliphatic rings. The van der Waals surface area contributed by atoms with Crippen LogP contribution in [0.15, 0.2) is 47.3 Å². The van der Waals surface area contributed by atoms with Gasteiger partial charge < -0.3 is 4.98 Å². The van der Waals surface area contributed by atoms with Gasteiger partial charge in [-0.2, -0.15) is 14.9 Å². The number of aromatic amines is 1. The molecule has 4 rings (SSSR count). The van der Waals surface area contributed by atoms with Crippen LogP contribution in [-0.4, -0.2) is 14.6 Å². The van der Waals surface area contributed by atoms with Gasteiger partial charge in [0, 0.05) is 10.6 Å². The van der Waals surface area contributed by atoms with Gasteiger partial charge in [-0.05, 0) is 30.3 Å². The zero-order valence-corrected chi connectivity index (χ0v) is 13.6. The monoisotopic (exact) mass is 354 g/mol. The van der Waals surface area contributed by atoms with E-state index in [2.05, 4.69) is 16.2 Å². The van der Waals surface area contributed by atoms with Gasteiger partial charge in [0.05, 0.1) is 15.9 Å². The molecule has 0 saturated heterocycles. The van der Waals surface area contributed by atoms with Gasteiger partial charge in [0.25, 0.3) is 5.56 Å². The summed E-state index contributed by atoms with van der Waals surface area (Å²) in [6, 6.07) is 14.1. The van der Waals surface area contributed by atoms with Crippen molar-refractivity contribution in [3.05, 3.63) is 68.4 Å². The van der Waals surface area contributed by atoms with Crippen molar-refractivity contribution in [3.8, 4) is 17.3 Å². The van der Waals surface area contributed by atoms with Gasteiger partial charge in [-0.25, -0.2) is 0 Å². The van der Waals surface area contributed by atoms with Crippen molar-refractivity contribution in [2.24, 2.45) is 0 Å². The minimum Gasteiger partial charge on any atom is -0.338 e. The number of para-hydroxylation sites is 1. The van der Waals surface area contributed by atoms with Crippen LogP contribution >= 0.6 is 23.2 Å². The Labute approximate surface area is 145 Å². The van der Waals surface area contributed by atoms with Crippen LogP contribution in [0.1, 0.15) is 5.56 Å². The van der Waals surface area contributed by atoms with Crippen molar-refractivity contribution in [1.29, 1.82) is 5.26 Å². The highest BCUT2D eigenvalue weighted by atomic mass is 35.5. The minimum absolute atomic E-state index is 0.252. The Balaban J connectivity index is 2.15. The van der Waals surface area contributed by atoms with Crippen molar-refractivity contribution < 1.29 is 0 Å². The molecule has 2 aromatic carbocycles. The van der Waals surface area contributed by atoms with Crippen LogP contribution in [0.4, 0.5) is 0 Å². The molecule has 24 heavy (non-hydrogen) atoms. The summed E-state index contributed by atoms with van der Waals surface area (Å²) in [5.41, 5.74) is 1.80. The third-order valence-electron chi connectivity index (χ3n) is 3.79. The number of nitrogens with one attached hydrogen (secondary N) is 1. The van der Waals surface area contributed by atoms with E-state index in [1.54, 1.807) is 36.4 Å². The second-order valence-corrected chi connectivity index (χ2v) is 6.04. The molecular weight excluding hydrogens is 347 g/mol. The lowest BCUT2D eigenvalue weighted by molar-refractivity contribution is 0.919. The van der Waals surface area contributed by atoms with Gasteiger partial charge in [-0.15, -0.1) is 0 Å². The standard InChI is InChI=1S/C17H8Cl2N4O/c18-9-5-6-10(13(19)7-9)15-12(8-20)16-21-14-4-2-1-3-11(14)17(24)23(16)22-15/h1-7,21H. The molecule has 0 aliphatic carbocycles. The first kappa shape index (κ1) is 14.8. The van der Waals surface area contributed by atoms with Crippen LogP contribution in [0.25, 0.3) is 27.8 Å². The van der Waals surface area contributed by atoms with Gasteiger partial charge in [0.15, 0.2) is 5.65 Å². The Morgan fingerprint density at radius 1 is 1.17 bits per heavy atom. The molecule has 7 heteroatoms. The topological polar surface area (TPSA) is 74.0 Å². The molecule has 0 amide bonds. The fourth-order valence-electron chi connectivity index (χ4n) is 2.68. The summed E-state index contributed by atoms with van der Waals surface area (Å²) < 4.78 is 1.20. The Hall–Kier alpha value is -2.81. The molecule has 0 unspecified atom stereocenters. The van der Waals surface area contributed by atoms with E-state index in [-0.39, 0.29) is 11.1 Å². The van der Waals surface area contributed by atoms with E-state index >= 15 is 0 Å². The van der Waals surface area contributed by atoms with Crippen molar-refractivity contribution in [3.63, 3.8) is 0 Å². The molecule has 0 bridgehead atoms. The van der Waals surface area contributed by atoms with E-state index in [0.717, 1.165) is 0 Å². The highest BCUT2D eigenvalue weighted by Crippen LogP contribution is 2.32. The number of benzene rings is 2. The third-order valence-corrected chi connectivity index (χ3v) is 4.33. The number of hydrogen-bond donors (Lipinski definition) is 1. The summed E-state index contributed by atoms with van der Waals surface area (Å²) in [7, 11) is 0. The molecule has 0 fully saturated rings. The van der Waals surface area contributed by atoms with E-state index in [1.165, 1.54) is 4.52 Å². The Morgan fingerprint density at radius 3 is 2.71 bits per heavy atom. The highest BCUT2D eigenvalue weighted by molar-refractivity contribution is 6.36. The second kappa shape index (κ2) is 5.38. The van der Waals surface area contributed by atoms with E-state index < -0.39 is 0 Å². The van der Waals surface area contributed by atoms with Gasteiger partial charge in [0.2, 0.25) is 0 Å². The van der Waals surface area contributed by atoms with Crippen LogP contribution in [0.3, 0.4) is 0 Å². The number of nitriles is 1. The first-order valence-corrected chi connectivity index (χ1v) is 7.75. The normalized spacial score (nSPS) is 11.0. The molecule has 0 saturated carbocycles. The van der Waals surface area contributed by atoms with Gasteiger partial charge in [-0.3, -0.25) is 4.79 Å². The molecular formula is C17H8Cl2N4O. The van der Waals surface area contributed by atoms with E-state index in [9.17, 15) is 10.1 Å². The van der Waals surface area contributed by atoms with Crippen LogP contribution in [-0.2, 0) is 0 Å². The quantitative estimate of drug-likeness (QED) is 0.560. The first-order chi connectivity index (χ1) is 11.6. The summed E-state index contributed by atoms with van der Waals surface area (Å²) in [5.74, 6) is 0. The fourth-order valence-corrected chi connectivity index (χ4v) is 3.17. The number of rotatable bonds is 1. The van der Waals surface area contributed by atoms with Crippen LogP contribution < -0.4 is 5.56 Å². The highest BCUT2D eigenvalue weighted by Gasteiger charge is 2.19. The fraction of sp³-hybridized carbons (Fsp3) is 0. The Bertz CT molecular complexity index is 1220. The third kappa shape index (κ3) is 2.08. The van der Waals surface area contributed by atoms with Crippen LogP contribution in [0, 0.1) is 11.3 Å². The maximum Gasteiger partial charge on any atom is 0.282 e. The average molecular weight is 355 g/mol. The number of aromatic nitrogens is 3. The van der Waals surface area contributed by atoms with Crippen molar-refractivity contribution in [1.82, 2.24) is 14.6 Å². The molecule has 2 aromatic heterocycles. The molecule has 2 heterocycles.